The van der Waals surface area contributed by atoms with Gasteiger partial charge in [-0.15, -0.1) is 0 Å². The first-order valence-corrected chi connectivity index (χ1v) is 5.88. The summed E-state index contributed by atoms with van der Waals surface area (Å²) in [6, 6.07) is 7.38. The van der Waals surface area contributed by atoms with E-state index < -0.39 is 0 Å². The summed E-state index contributed by atoms with van der Waals surface area (Å²) in [5.74, 6) is -0.374. The number of nitrogens with zero attached hydrogens (tertiary/aromatic N) is 2. The normalized spacial score (nSPS) is 15.6. The quantitative estimate of drug-likeness (QED) is 0.856. The molecule has 0 radical (unpaired) electrons. The average molecular weight is 233 g/mol. The molecule has 17 heavy (non-hydrogen) atoms. The van der Waals surface area contributed by atoms with Gasteiger partial charge in [-0.25, -0.2) is 4.39 Å². The number of hydrogen-bond donors (Lipinski definition) is 1. The third kappa shape index (κ3) is 2.46. The van der Waals surface area contributed by atoms with Gasteiger partial charge in [0.1, 0.15) is 11.9 Å². The molecule has 0 aromatic heterocycles. The zero-order chi connectivity index (χ0) is 12.3. The van der Waals surface area contributed by atoms with E-state index in [-0.39, 0.29) is 11.4 Å². The molecule has 1 aromatic rings. The molecule has 1 heterocycles. The highest BCUT2D eigenvalue weighted by Crippen LogP contribution is 2.16. The lowest BCUT2D eigenvalue weighted by Gasteiger charge is -2.37. The smallest absolute Gasteiger partial charge is 0.145 e. The van der Waals surface area contributed by atoms with Crippen LogP contribution in [0.4, 0.5) is 4.39 Å². The molecular weight excluding hydrogens is 217 g/mol. The lowest BCUT2D eigenvalue weighted by atomic mass is 10.1. The molecule has 1 fully saturated rings. The summed E-state index contributed by atoms with van der Waals surface area (Å²) in [5.41, 5.74) is 0.739. The maximum atomic E-state index is 13.9. The van der Waals surface area contributed by atoms with E-state index in [1.165, 1.54) is 6.07 Å². The van der Waals surface area contributed by atoms with E-state index in [4.69, 9.17) is 5.26 Å². The number of halogens is 1. The zero-order valence-corrected chi connectivity index (χ0v) is 9.91. The molecule has 90 valence electrons. The highest BCUT2D eigenvalue weighted by atomic mass is 19.1. The van der Waals surface area contributed by atoms with Gasteiger partial charge >= 0.3 is 0 Å². The fourth-order valence-electron chi connectivity index (χ4n) is 2.04. The molecule has 1 aliphatic heterocycles. The monoisotopic (exact) mass is 233 g/mol. The highest BCUT2D eigenvalue weighted by molar-refractivity contribution is 5.34. The summed E-state index contributed by atoms with van der Waals surface area (Å²) < 4.78 is 13.9. The number of hydrogen-bond acceptors (Lipinski definition) is 3. The molecule has 0 atom stereocenters. The van der Waals surface area contributed by atoms with Gasteiger partial charge in [0.25, 0.3) is 0 Å². The Morgan fingerprint density at radius 3 is 2.82 bits per heavy atom. The molecule has 0 spiro atoms. The average Bonchev–Trinajstić information content (AvgIpc) is 2.28. The summed E-state index contributed by atoms with van der Waals surface area (Å²) in [4.78, 5) is 2.23. The van der Waals surface area contributed by atoms with Crippen molar-refractivity contribution in [2.45, 2.75) is 19.5 Å². The third-order valence-corrected chi connectivity index (χ3v) is 3.26. The minimum absolute atomic E-state index is 0.130. The third-order valence-electron chi connectivity index (χ3n) is 3.26. The zero-order valence-electron chi connectivity index (χ0n) is 9.91. The molecule has 3 nitrogen and oxygen atoms in total. The van der Waals surface area contributed by atoms with Gasteiger partial charge in [0, 0.05) is 31.2 Å². The Bertz CT molecular complexity index is 435. The first-order chi connectivity index (χ1) is 8.26. The molecule has 1 saturated heterocycles. The van der Waals surface area contributed by atoms with Crippen LogP contribution in [0.3, 0.4) is 0 Å². The Labute approximate surface area is 101 Å². The molecule has 1 N–H and O–H groups in total. The molecule has 0 saturated carbocycles. The van der Waals surface area contributed by atoms with E-state index in [2.05, 4.69) is 17.1 Å². The minimum Gasteiger partial charge on any atom is -0.314 e. The minimum atomic E-state index is -0.374. The van der Waals surface area contributed by atoms with Crippen LogP contribution >= 0.6 is 0 Å². The molecule has 4 heteroatoms. The maximum Gasteiger partial charge on any atom is 0.145 e. The van der Waals surface area contributed by atoms with E-state index in [0.717, 1.165) is 19.6 Å². The fraction of sp³-hybridized carbons (Fsp3) is 0.462. The van der Waals surface area contributed by atoms with Crippen LogP contribution in [0, 0.1) is 17.1 Å². The van der Waals surface area contributed by atoms with Gasteiger partial charge in [0.15, 0.2) is 0 Å². The summed E-state index contributed by atoms with van der Waals surface area (Å²) in [6.07, 6.45) is 0. The van der Waals surface area contributed by atoms with E-state index >= 15 is 0 Å². The van der Waals surface area contributed by atoms with E-state index in [9.17, 15) is 4.39 Å². The van der Waals surface area contributed by atoms with Gasteiger partial charge in [0.2, 0.25) is 0 Å². The molecule has 2 rings (SSSR count). The van der Waals surface area contributed by atoms with Crippen LogP contribution in [0.15, 0.2) is 18.2 Å². The lowest BCUT2D eigenvalue weighted by molar-refractivity contribution is 0.143. The molecule has 0 unspecified atom stereocenters. The van der Waals surface area contributed by atoms with Crippen LogP contribution in [-0.4, -0.2) is 30.6 Å². The first kappa shape index (κ1) is 12.0. The summed E-state index contributed by atoms with van der Waals surface area (Å²) >= 11 is 0. The second kappa shape index (κ2) is 5.26. The van der Waals surface area contributed by atoms with Gasteiger partial charge in [0.05, 0.1) is 5.56 Å². The molecule has 1 aliphatic rings. The molecule has 0 aliphatic carbocycles. The van der Waals surface area contributed by atoms with Crippen LogP contribution in [0.5, 0.6) is 0 Å². The van der Waals surface area contributed by atoms with Crippen molar-refractivity contribution in [1.82, 2.24) is 10.2 Å². The van der Waals surface area contributed by atoms with Crippen molar-refractivity contribution in [3.05, 3.63) is 35.1 Å². The standard InChI is InChI=1S/C13H16FN3/c1-2-17(12-7-16-8-12)9-11-5-3-4-10(6-15)13(11)14/h3-5,12,16H,2,7-9H2,1H3. The number of nitrogens with one attached hydrogen (secondary N) is 1. The molecule has 1 aromatic carbocycles. The molecule has 0 amide bonds. The van der Waals surface area contributed by atoms with Crippen LogP contribution in [0.25, 0.3) is 0 Å². The van der Waals surface area contributed by atoms with Gasteiger partial charge in [-0.1, -0.05) is 19.1 Å². The first-order valence-electron chi connectivity index (χ1n) is 5.88. The Kier molecular flexibility index (Phi) is 3.72. The Morgan fingerprint density at radius 1 is 1.53 bits per heavy atom. The van der Waals surface area contributed by atoms with E-state index in [1.54, 1.807) is 12.1 Å². The van der Waals surface area contributed by atoms with Crippen molar-refractivity contribution in [3.8, 4) is 6.07 Å². The summed E-state index contributed by atoms with van der Waals surface area (Å²) in [5, 5.41) is 12.0. The van der Waals surface area contributed by atoms with Gasteiger partial charge in [-0.3, -0.25) is 4.90 Å². The SMILES string of the molecule is CCN(Cc1cccc(C#N)c1F)C1CNC1. The number of nitriles is 1. The Hall–Kier alpha value is -1.44. The molecular formula is C13H16FN3. The largest absolute Gasteiger partial charge is 0.314 e. The predicted octanol–water partition coefficient (Wildman–Crippen LogP) is 1.49. The van der Waals surface area contributed by atoms with Crippen molar-refractivity contribution in [2.75, 3.05) is 19.6 Å². The summed E-state index contributed by atoms with van der Waals surface area (Å²) in [7, 11) is 0. The second-order valence-corrected chi connectivity index (χ2v) is 4.27. The van der Waals surface area contributed by atoms with Crippen molar-refractivity contribution in [2.24, 2.45) is 0 Å². The van der Waals surface area contributed by atoms with Crippen molar-refractivity contribution in [1.29, 1.82) is 5.26 Å². The van der Waals surface area contributed by atoms with Crippen LogP contribution in [-0.2, 0) is 6.54 Å². The fourth-order valence-corrected chi connectivity index (χ4v) is 2.04. The maximum absolute atomic E-state index is 13.9. The number of rotatable bonds is 4. The van der Waals surface area contributed by atoms with Crippen LogP contribution < -0.4 is 5.32 Å². The topological polar surface area (TPSA) is 39.1 Å². The Balaban J connectivity index is 2.14. The van der Waals surface area contributed by atoms with Crippen molar-refractivity contribution < 1.29 is 4.39 Å². The van der Waals surface area contributed by atoms with Gasteiger partial charge in [-0.05, 0) is 12.6 Å². The van der Waals surface area contributed by atoms with Gasteiger partial charge < -0.3 is 5.32 Å². The lowest BCUT2D eigenvalue weighted by Crippen LogP contribution is -2.56. The highest BCUT2D eigenvalue weighted by Gasteiger charge is 2.24. The predicted molar refractivity (Wildman–Crippen MR) is 63.9 cm³/mol. The number of likely N-dealkylation sites (N-methyl/N-ethyl adjacent to an activating group) is 1. The summed E-state index contributed by atoms with van der Waals surface area (Å²) in [6.45, 7) is 5.47. The van der Waals surface area contributed by atoms with Crippen LogP contribution in [0.1, 0.15) is 18.1 Å². The van der Waals surface area contributed by atoms with E-state index in [0.29, 0.717) is 18.2 Å². The Morgan fingerprint density at radius 2 is 2.29 bits per heavy atom. The van der Waals surface area contributed by atoms with Crippen molar-refractivity contribution >= 4 is 0 Å². The molecule has 0 bridgehead atoms. The van der Waals surface area contributed by atoms with Crippen LogP contribution in [0.2, 0.25) is 0 Å². The number of benzene rings is 1. The van der Waals surface area contributed by atoms with Crippen molar-refractivity contribution in [3.63, 3.8) is 0 Å². The van der Waals surface area contributed by atoms with E-state index in [1.807, 2.05) is 6.07 Å². The van der Waals surface area contributed by atoms with Gasteiger partial charge in [-0.2, -0.15) is 5.26 Å². The second-order valence-electron chi connectivity index (χ2n) is 4.27.